The summed E-state index contributed by atoms with van der Waals surface area (Å²) in [5.41, 5.74) is 7.54. The van der Waals surface area contributed by atoms with Crippen molar-refractivity contribution in [2.75, 3.05) is 5.73 Å². The van der Waals surface area contributed by atoms with Crippen molar-refractivity contribution >= 4 is 17.4 Å². The van der Waals surface area contributed by atoms with Crippen LogP contribution in [0.5, 0.6) is 0 Å². The van der Waals surface area contributed by atoms with Crippen molar-refractivity contribution in [2.45, 2.75) is 17.1 Å². The Morgan fingerprint density at radius 3 is 2.60 bits per heavy atom. The van der Waals surface area contributed by atoms with E-state index in [2.05, 4.69) is 15.0 Å². The summed E-state index contributed by atoms with van der Waals surface area (Å²) in [6.07, 6.45) is 5.17. The third kappa shape index (κ3) is 2.44. The van der Waals surface area contributed by atoms with Gasteiger partial charge in [0.05, 0.1) is 5.69 Å². The number of nitrogens with zero attached hydrogens (tertiary/aromatic N) is 3. The van der Waals surface area contributed by atoms with E-state index in [0.29, 0.717) is 10.8 Å². The molecule has 0 unspecified atom stereocenters. The van der Waals surface area contributed by atoms with Crippen molar-refractivity contribution in [2.24, 2.45) is 0 Å². The zero-order valence-corrected chi connectivity index (χ0v) is 9.03. The van der Waals surface area contributed by atoms with Gasteiger partial charge in [0.25, 0.3) is 0 Å². The zero-order valence-electron chi connectivity index (χ0n) is 8.21. The molecule has 0 aliphatic rings. The molecule has 0 fully saturated rings. The second kappa shape index (κ2) is 4.27. The van der Waals surface area contributed by atoms with Gasteiger partial charge in [-0.3, -0.25) is 0 Å². The van der Waals surface area contributed by atoms with Crippen LogP contribution in [0, 0.1) is 6.92 Å². The summed E-state index contributed by atoms with van der Waals surface area (Å²) >= 11 is 1.36. The molecule has 4 nitrogen and oxygen atoms in total. The van der Waals surface area contributed by atoms with Crippen LogP contribution < -0.4 is 5.73 Å². The van der Waals surface area contributed by atoms with Gasteiger partial charge in [-0.25, -0.2) is 15.0 Å². The number of nitrogens with two attached hydrogens (primary N) is 1. The third-order valence-corrected chi connectivity index (χ3v) is 2.67. The highest BCUT2D eigenvalue weighted by molar-refractivity contribution is 7.99. The molecule has 0 saturated carbocycles. The normalized spacial score (nSPS) is 10.2. The number of pyridine rings is 1. The van der Waals surface area contributed by atoms with E-state index < -0.39 is 0 Å². The minimum atomic E-state index is 0.653. The first-order chi connectivity index (χ1) is 7.25. The van der Waals surface area contributed by atoms with E-state index in [0.717, 1.165) is 10.6 Å². The third-order valence-electron chi connectivity index (χ3n) is 1.75. The largest absolute Gasteiger partial charge is 0.397 e. The number of aryl methyl sites for hydroxylation is 1. The number of anilines is 1. The number of hydrogen-bond acceptors (Lipinski definition) is 5. The van der Waals surface area contributed by atoms with Crippen molar-refractivity contribution in [3.05, 3.63) is 36.3 Å². The number of hydrogen-bond donors (Lipinski definition) is 1. The van der Waals surface area contributed by atoms with Crippen LogP contribution >= 0.6 is 11.8 Å². The van der Waals surface area contributed by atoms with Gasteiger partial charge in [0.15, 0.2) is 5.16 Å². The summed E-state index contributed by atoms with van der Waals surface area (Å²) in [5, 5.41) is 1.40. The Morgan fingerprint density at radius 2 is 1.93 bits per heavy atom. The Morgan fingerprint density at radius 1 is 1.20 bits per heavy atom. The smallest absolute Gasteiger partial charge is 0.193 e. The van der Waals surface area contributed by atoms with E-state index in [1.54, 1.807) is 24.7 Å². The van der Waals surface area contributed by atoms with Gasteiger partial charge in [-0.1, -0.05) is 0 Å². The standard InChI is InChI=1S/C10H10N4S/c1-7-5-8(11)9(14-6-7)15-10-12-3-2-4-13-10/h2-6H,11H2,1H3. The van der Waals surface area contributed by atoms with Crippen LogP contribution in [0.3, 0.4) is 0 Å². The van der Waals surface area contributed by atoms with E-state index in [1.807, 2.05) is 13.0 Å². The Balaban J connectivity index is 2.25. The van der Waals surface area contributed by atoms with Crippen LogP contribution in [0.4, 0.5) is 5.69 Å². The van der Waals surface area contributed by atoms with Gasteiger partial charge in [-0.05, 0) is 36.4 Å². The predicted molar refractivity (Wildman–Crippen MR) is 59.5 cm³/mol. The molecule has 0 aromatic carbocycles. The average Bonchev–Trinajstić information content (AvgIpc) is 2.24. The summed E-state index contributed by atoms with van der Waals surface area (Å²) in [7, 11) is 0. The van der Waals surface area contributed by atoms with E-state index in [4.69, 9.17) is 5.73 Å². The zero-order chi connectivity index (χ0) is 10.7. The molecular weight excluding hydrogens is 208 g/mol. The number of aromatic nitrogens is 3. The van der Waals surface area contributed by atoms with Gasteiger partial charge in [0, 0.05) is 18.6 Å². The maximum Gasteiger partial charge on any atom is 0.193 e. The van der Waals surface area contributed by atoms with Crippen molar-refractivity contribution < 1.29 is 0 Å². The van der Waals surface area contributed by atoms with Crippen LogP contribution in [-0.4, -0.2) is 15.0 Å². The average molecular weight is 218 g/mol. The topological polar surface area (TPSA) is 64.7 Å². The molecule has 2 N–H and O–H groups in total. The van der Waals surface area contributed by atoms with Gasteiger partial charge in [0.2, 0.25) is 0 Å². The summed E-state index contributed by atoms with van der Waals surface area (Å²) in [6.45, 7) is 1.96. The molecule has 15 heavy (non-hydrogen) atoms. The first kappa shape index (κ1) is 9.92. The summed E-state index contributed by atoms with van der Waals surface area (Å²) < 4.78 is 0. The van der Waals surface area contributed by atoms with Crippen molar-refractivity contribution in [1.29, 1.82) is 0 Å². The lowest BCUT2D eigenvalue weighted by molar-refractivity contribution is 0.960. The van der Waals surface area contributed by atoms with Crippen LogP contribution in [0.25, 0.3) is 0 Å². The fourth-order valence-corrected chi connectivity index (χ4v) is 1.77. The minimum Gasteiger partial charge on any atom is -0.397 e. The highest BCUT2D eigenvalue weighted by atomic mass is 32.2. The minimum absolute atomic E-state index is 0.653. The Kier molecular flexibility index (Phi) is 2.82. The Hall–Kier alpha value is -1.62. The maximum absolute atomic E-state index is 5.83. The van der Waals surface area contributed by atoms with Crippen molar-refractivity contribution in [3.8, 4) is 0 Å². The second-order valence-corrected chi connectivity index (χ2v) is 4.00. The predicted octanol–water partition coefficient (Wildman–Crippen LogP) is 1.91. The van der Waals surface area contributed by atoms with Gasteiger partial charge in [-0.2, -0.15) is 0 Å². The van der Waals surface area contributed by atoms with Crippen molar-refractivity contribution in [1.82, 2.24) is 15.0 Å². The van der Waals surface area contributed by atoms with Gasteiger partial charge >= 0.3 is 0 Å². The first-order valence-corrected chi connectivity index (χ1v) is 5.24. The monoisotopic (exact) mass is 218 g/mol. The second-order valence-electron chi connectivity index (χ2n) is 3.04. The van der Waals surface area contributed by atoms with Gasteiger partial charge in [0.1, 0.15) is 5.03 Å². The Bertz CT molecular complexity index is 458. The van der Waals surface area contributed by atoms with E-state index >= 15 is 0 Å². The Labute approximate surface area is 92.0 Å². The van der Waals surface area contributed by atoms with Crippen LogP contribution in [0.2, 0.25) is 0 Å². The summed E-state index contributed by atoms with van der Waals surface area (Å²) in [4.78, 5) is 12.4. The molecule has 0 atom stereocenters. The molecule has 0 aliphatic carbocycles. The molecule has 76 valence electrons. The molecule has 0 radical (unpaired) electrons. The molecule has 0 bridgehead atoms. The fraction of sp³-hybridized carbons (Fsp3) is 0.100. The van der Waals surface area contributed by atoms with Crippen molar-refractivity contribution in [3.63, 3.8) is 0 Å². The lowest BCUT2D eigenvalue weighted by Crippen LogP contribution is -1.93. The van der Waals surface area contributed by atoms with Crippen LogP contribution in [0.1, 0.15) is 5.56 Å². The van der Waals surface area contributed by atoms with Crippen LogP contribution in [0.15, 0.2) is 40.9 Å². The van der Waals surface area contributed by atoms with Gasteiger partial charge < -0.3 is 5.73 Å². The molecule has 0 spiro atoms. The molecular formula is C10H10N4S. The van der Waals surface area contributed by atoms with Crippen LogP contribution in [-0.2, 0) is 0 Å². The summed E-state index contributed by atoms with van der Waals surface area (Å²) in [5.74, 6) is 0. The maximum atomic E-state index is 5.83. The number of rotatable bonds is 2. The summed E-state index contributed by atoms with van der Waals surface area (Å²) in [6, 6.07) is 3.66. The SMILES string of the molecule is Cc1cnc(Sc2ncccn2)c(N)c1. The van der Waals surface area contributed by atoms with Gasteiger partial charge in [-0.15, -0.1) is 0 Å². The fourth-order valence-electron chi connectivity index (χ4n) is 1.09. The molecule has 2 aromatic rings. The highest BCUT2D eigenvalue weighted by Crippen LogP contribution is 2.27. The molecule has 2 rings (SSSR count). The molecule has 2 heterocycles. The lowest BCUT2D eigenvalue weighted by atomic mass is 10.3. The molecule has 5 heteroatoms. The molecule has 2 aromatic heterocycles. The number of nitrogen functional groups attached to an aromatic ring is 1. The first-order valence-electron chi connectivity index (χ1n) is 4.43. The van der Waals surface area contributed by atoms with E-state index in [1.165, 1.54) is 11.8 Å². The van der Waals surface area contributed by atoms with E-state index in [-0.39, 0.29) is 0 Å². The van der Waals surface area contributed by atoms with E-state index in [9.17, 15) is 0 Å². The highest BCUT2D eigenvalue weighted by Gasteiger charge is 2.04. The molecule has 0 aliphatic heterocycles. The molecule has 0 saturated heterocycles. The lowest BCUT2D eigenvalue weighted by Gasteiger charge is -2.03. The quantitative estimate of drug-likeness (QED) is 0.780. The molecule has 0 amide bonds.